The quantitative estimate of drug-likeness (QED) is 0.118. The van der Waals surface area contributed by atoms with Crippen LogP contribution in [-0.2, 0) is 32.2 Å². The van der Waals surface area contributed by atoms with Crippen LogP contribution >= 0.6 is 23.2 Å². The van der Waals surface area contributed by atoms with Gasteiger partial charge in [0.05, 0.1) is 17.5 Å². The Morgan fingerprint density at radius 1 is 0.811 bits per heavy atom. The highest BCUT2D eigenvalue weighted by Crippen LogP contribution is 2.66. The molecular weight excluding hydrogens is 722 g/mol. The number of benzene rings is 4. The lowest BCUT2D eigenvalue weighted by Crippen LogP contribution is -2.60. The largest absolute Gasteiger partial charge is 0.508 e. The Morgan fingerprint density at radius 2 is 1.53 bits per heavy atom. The molecule has 1 saturated carbocycles. The molecule has 53 heavy (non-hydrogen) atoms. The number of imide groups is 2. The Kier molecular flexibility index (Phi) is 8.58. The fourth-order valence-corrected chi connectivity index (χ4v) is 9.46. The fourth-order valence-electron chi connectivity index (χ4n) is 8.53. The van der Waals surface area contributed by atoms with Crippen LogP contribution in [0.25, 0.3) is 0 Å². The summed E-state index contributed by atoms with van der Waals surface area (Å²) in [6.07, 6.45) is 2.08. The number of phenols is 2. The van der Waals surface area contributed by atoms with Crippen molar-refractivity contribution in [3.63, 3.8) is 0 Å². The predicted octanol–water partition coefficient (Wildman–Crippen LogP) is 6.62. The van der Waals surface area contributed by atoms with E-state index < -0.39 is 57.0 Å². The molecule has 0 bridgehead atoms. The Balaban J connectivity index is 1.19. The first-order valence-corrected chi connectivity index (χ1v) is 18.0. The molecule has 4 aromatic carbocycles. The second-order valence-electron chi connectivity index (χ2n) is 14.0. The molecule has 2 saturated heterocycles. The van der Waals surface area contributed by atoms with E-state index in [0.717, 1.165) is 28.2 Å². The van der Waals surface area contributed by atoms with Gasteiger partial charge in [0.1, 0.15) is 29.7 Å². The van der Waals surface area contributed by atoms with Crippen LogP contribution in [0.1, 0.15) is 35.4 Å². The molecule has 0 unspecified atom stereocenters. The van der Waals surface area contributed by atoms with Gasteiger partial charge in [-0.15, -0.1) is 23.2 Å². The number of allylic oxidation sites excluding steroid dienone is 2. The third-order valence-electron chi connectivity index (χ3n) is 11.1. The number of hydrogen-bond donors (Lipinski definition) is 2. The number of rotatable bonds is 8. The van der Waals surface area contributed by atoms with E-state index in [-0.39, 0.29) is 54.7 Å². The van der Waals surface area contributed by atoms with Crippen LogP contribution in [-0.4, -0.2) is 55.0 Å². The summed E-state index contributed by atoms with van der Waals surface area (Å²) in [7, 11) is 0. The zero-order valence-electron chi connectivity index (χ0n) is 28.1. The number of anilines is 1. The summed E-state index contributed by atoms with van der Waals surface area (Å²) in [6, 6.07) is 25.3. The third-order valence-corrected chi connectivity index (χ3v) is 12.5. The first kappa shape index (κ1) is 34.9. The van der Waals surface area contributed by atoms with Crippen LogP contribution in [0.2, 0.25) is 0 Å². The van der Waals surface area contributed by atoms with Crippen molar-refractivity contribution in [3.8, 4) is 17.2 Å². The Morgan fingerprint density at radius 3 is 2.23 bits per heavy atom. The SMILES string of the molecule is O=C1[C@H]2[C@H](CC=C3[C@H]2C[C@@]2(Cl)C(=O)N(c4ccc(F)cc4)C(=O)[C@@]2(Cl)[C@H]3c2ccc(OCc3ccccc3)cc2O)C(=O)N1CCc1ccc(O)cc1. The summed E-state index contributed by atoms with van der Waals surface area (Å²) in [5.41, 5.74) is 2.50. The molecule has 4 aromatic rings. The van der Waals surface area contributed by atoms with E-state index >= 15 is 0 Å². The van der Waals surface area contributed by atoms with Crippen LogP contribution in [0, 0.1) is 23.6 Å². The molecule has 270 valence electrons. The number of carbonyl (C=O) groups is 4. The maximum atomic E-state index is 14.6. The van der Waals surface area contributed by atoms with Gasteiger partial charge >= 0.3 is 0 Å². The van der Waals surface area contributed by atoms with Gasteiger partial charge in [0.25, 0.3) is 11.8 Å². The number of phenolic OH excluding ortho intramolecular Hbond substituents is 2. The van der Waals surface area contributed by atoms with E-state index in [0.29, 0.717) is 17.7 Å². The number of fused-ring (bicyclic) bond motifs is 4. The van der Waals surface area contributed by atoms with Crippen molar-refractivity contribution in [2.75, 3.05) is 11.4 Å². The number of nitrogens with zero attached hydrogens (tertiary/aromatic N) is 2. The van der Waals surface area contributed by atoms with Crippen molar-refractivity contribution in [1.29, 1.82) is 0 Å². The number of ether oxygens (including phenoxy) is 1. The summed E-state index contributed by atoms with van der Waals surface area (Å²) in [6.45, 7) is 0.329. The molecule has 4 amide bonds. The van der Waals surface area contributed by atoms with Crippen LogP contribution in [0.15, 0.2) is 109 Å². The molecule has 0 radical (unpaired) electrons. The molecule has 9 nitrogen and oxygen atoms in total. The van der Waals surface area contributed by atoms with Crippen molar-refractivity contribution in [3.05, 3.63) is 131 Å². The minimum atomic E-state index is -2.19. The first-order valence-electron chi connectivity index (χ1n) is 17.3. The Labute approximate surface area is 314 Å². The van der Waals surface area contributed by atoms with E-state index in [4.69, 9.17) is 27.9 Å². The van der Waals surface area contributed by atoms with Crippen molar-refractivity contribution in [1.82, 2.24) is 4.90 Å². The molecule has 3 fully saturated rings. The molecule has 2 aliphatic carbocycles. The molecule has 8 rings (SSSR count). The van der Waals surface area contributed by atoms with Crippen molar-refractivity contribution >= 4 is 52.5 Å². The van der Waals surface area contributed by atoms with Crippen molar-refractivity contribution in [2.24, 2.45) is 17.8 Å². The molecule has 0 spiro atoms. The molecule has 0 aromatic heterocycles. The van der Waals surface area contributed by atoms with Gasteiger partial charge in [-0.3, -0.25) is 24.1 Å². The lowest BCUT2D eigenvalue weighted by Gasteiger charge is -2.50. The maximum absolute atomic E-state index is 14.6. The van der Waals surface area contributed by atoms with Gasteiger partial charge in [0, 0.05) is 24.1 Å². The average molecular weight is 756 g/mol. The highest BCUT2D eigenvalue weighted by Gasteiger charge is 2.76. The second kappa shape index (κ2) is 13.0. The number of halogens is 3. The minimum absolute atomic E-state index is 0.0610. The van der Waals surface area contributed by atoms with Crippen LogP contribution in [0.3, 0.4) is 0 Å². The number of aromatic hydroxyl groups is 2. The third kappa shape index (κ3) is 5.49. The maximum Gasteiger partial charge on any atom is 0.258 e. The Bertz CT molecular complexity index is 2180. The molecule has 2 heterocycles. The van der Waals surface area contributed by atoms with E-state index in [9.17, 15) is 33.8 Å². The minimum Gasteiger partial charge on any atom is -0.508 e. The summed E-state index contributed by atoms with van der Waals surface area (Å²) in [4.78, 5) is 54.9. The summed E-state index contributed by atoms with van der Waals surface area (Å²) >= 11 is 14.9. The highest BCUT2D eigenvalue weighted by atomic mass is 35.5. The topological polar surface area (TPSA) is 124 Å². The van der Waals surface area contributed by atoms with Crippen LogP contribution in [0.5, 0.6) is 17.2 Å². The molecule has 4 aliphatic rings. The van der Waals surface area contributed by atoms with Crippen LogP contribution in [0.4, 0.5) is 10.1 Å². The average Bonchev–Trinajstić information content (AvgIpc) is 3.48. The Hall–Kier alpha value is -5.19. The van der Waals surface area contributed by atoms with Gasteiger partial charge in [0.15, 0.2) is 9.75 Å². The van der Waals surface area contributed by atoms with E-state index in [1.165, 1.54) is 35.2 Å². The highest BCUT2D eigenvalue weighted by molar-refractivity contribution is 6.58. The molecular formula is C41H33Cl2FN2O7. The number of likely N-dealkylation sites (tertiary alicyclic amines) is 1. The monoisotopic (exact) mass is 754 g/mol. The summed E-state index contributed by atoms with van der Waals surface area (Å²) < 4.78 is 19.9. The first-order chi connectivity index (χ1) is 25.4. The van der Waals surface area contributed by atoms with E-state index in [1.807, 2.05) is 30.3 Å². The molecule has 2 N–H and O–H groups in total. The van der Waals surface area contributed by atoms with Gasteiger partial charge in [-0.1, -0.05) is 60.2 Å². The molecule has 12 heteroatoms. The van der Waals surface area contributed by atoms with Gasteiger partial charge in [-0.05, 0) is 78.8 Å². The standard InChI is InChI=1S/C41H33Cl2FN2O7/c42-40-21-32-29(16-17-31-34(32)37(50)45(36(31)49)19-18-23-6-12-27(47)13-7-23)35(30-15-14-28(20-33(30)48)53-22-24-4-2-1-3-5-24)41(40,43)39(52)46(38(40)51)26-10-8-25(44)9-11-26/h1-16,20,31-32,34-35,47-48H,17-19,21-22H2/t31-,32+,34-,35+,40+,41-/m0/s1. The van der Waals surface area contributed by atoms with Gasteiger partial charge in [-0.25, -0.2) is 9.29 Å². The van der Waals surface area contributed by atoms with Crippen LogP contribution < -0.4 is 9.64 Å². The fraction of sp³-hybridized carbons (Fsp3) is 0.268. The lowest BCUT2D eigenvalue weighted by atomic mass is 9.56. The number of amides is 4. The van der Waals surface area contributed by atoms with Gasteiger partial charge in [0.2, 0.25) is 11.8 Å². The smallest absolute Gasteiger partial charge is 0.258 e. The number of carbonyl (C=O) groups excluding carboxylic acids is 4. The van der Waals surface area contributed by atoms with E-state index in [1.54, 1.807) is 30.3 Å². The molecule has 6 atom stereocenters. The number of hydrogen-bond acceptors (Lipinski definition) is 7. The van der Waals surface area contributed by atoms with E-state index in [2.05, 4.69) is 0 Å². The van der Waals surface area contributed by atoms with Gasteiger partial charge in [-0.2, -0.15) is 0 Å². The van der Waals surface area contributed by atoms with Crippen molar-refractivity contribution < 1.29 is 38.5 Å². The summed E-state index contributed by atoms with van der Waals surface area (Å²) in [5, 5.41) is 21.3. The normalized spacial score (nSPS) is 27.7. The van der Waals surface area contributed by atoms with Gasteiger partial charge < -0.3 is 14.9 Å². The predicted molar refractivity (Wildman–Crippen MR) is 194 cm³/mol. The second-order valence-corrected chi connectivity index (χ2v) is 15.2. The summed E-state index contributed by atoms with van der Waals surface area (Å²) in [5.74, 6) is -6.52. The van der Waals surface area contributed by atoms with Crippen molar-refractivity contribution in [2.45, 2.75) is 41.5 Å². The zero-order chi connectivity index (χ0) is 37.2. The molecule has 2 aliphatic heterocycles. The lowest BCUT2D eigenvalue weighted by molar-refractivity contribution is -0.140. The zero-order valence-corrected chi connectivity index (χ0v) is 29.6. The number of alkyl halides is 2.